The van der Waals surface area contributed by atoms with Crippen molar-refractivity contribution in [3.05, 3.63) is 29.3 Å². The molecule has 0 radical (unpaired) electrons. The standard InChI is InChI=1S/C10H11NO3/c12-6-7-1-2-8-9(11-13)3-4-14-10(8)5-7/h1-2,5,12-13H,3-4,6H2/b11-9+. The van der Waals surface area contributed by atoms with Crippen LogP contribution in [0, 0.1) is 0 Å². The van der Waals surface area contributed by atoms with E-state index in [4.69, 9.17) is 15.1 Å². The summed E-state index contributed by atoms with van der Waals surface area (Å²) < 4.78 is 5.39. The molecule has 4 heteroatoms. The average Bonchev–Trinajstić information content (AvgIpc) is 2.27. The van der Waals surface area contributed by atoms with Crippen molar-refractivity contribution in [2.24, 2.45) is 5.16 Å². The summed E-state index contributed by atoms with van der Waals surface area (Å²) in [7, 11) is 0. The molecular weight excluding hydrogens is 182 g/mol. The summed E-state index contributed by atoms with van der Waals surface area (Å²) in [5.41, 5.74) is 2.23. The number of oxime groups is 1. The van der Waals surface area contributed by atoms with Crippen LogP contribution in [0.25, 0.3) is 0 Å². The van der Waals surface area contributed by atoms with Crippen molar-refractivity contribution in [2.75, 3.05) is 6.61 Å². The first-order valence-electron chi connectivity index (χ1n) is 4.43. The molecule has 14 heavy (non-hydrogen) atoms. The molecule has 74 valence electrons. The van der Waals surface area contributed by atoms with Crippen LogP contribution in [0.5, 0.6) is 5.75 Å². The van der Waals surface area contributed by atoms with Crippen molar-refractivity contribution < 1.29 is 15.1 Å². The first-order valence-corrected chi connectivity index (χ1v) is 4.43. The van der Waals surface area contributed by atoms with Gasteiger partial charge in [0.1, 0.15) is 5.75 Å². The minimum atomic E-state index is -0.0117. The minimum absolute atomic E-state index is 0.0117. The highest BCUT2D eigenvalue weighted by Gasteiger charge is 2.17. The van der Waals surface area contributed by atoms with Crippen molar-refractivity contribution in [1.29, 1.82) is 0 Å². The van der Waals surface area contributed by atoms with Gasteiger partial charge in [-0.15, -0.1) is 0 Å². The number of aliphatic hydroxyl groups excluding tert-OH is 1. The second-order valence-corrected chi connectivity index (χ2v) is 3.13. The Morgan fingerprint density at radius 3 is 3.00 bits per heavy atom. The predicted molar refractivity (Wildman–Crippen MR) is 50.8 cm³/mol. The molecule has 1 aromatic carbocycles. The number of fused-ring (bicyclic) bond motifs is 1. The molecule has 1 aliphatic heterocycles. The number of aliphatic hydroxyl groups is 1. The molecule has 0 atom stereocenters. The third-order valence-electron chi connectivity index (χ3n) is 2.26. The second kappa shape index (κ2) is 3.67. The Hall–Kier alpha value is -1.55. The van der Waals surface area contributed by atoms with E-state index in [9.17, 15) is 0 Å². The van der Waals surface area contributed by atoms with Crippen molar-refractivity contribution in [3.63, 3.8) is 0 Å². The van der Waals surface area contributed by atoms with Gasteiger partial charge in [-0.2, -0.15) is 0 Å². The SMILES string of the molecule is OCc1ccc2c(c1)OCC/C2=N\O. The van der Waals surface area contributed by atoms with Crippen LogP contribution >= 0.6 is 0 Å². The van der Waals surface area contributed by atoms with E-state index < -0.39 is 0 Å². The maximum Gasteiger partial charge on any atom is 0.128 e. The molecule has 0 unspecified atom stereocenters. The Bertz CT molecular complexity index is 374. The Balaban J connectivity index is 2.46. The van der Waals surface area contributed by atoms with Gasteiger partial charge in [0, 0.05) is 12.0 Å². The maximum atomic E-state index is 8.93. The van der Waals surface area contributed by atoms with Gasteiger partial charge in [-0.3, -0.25) is 0 Å². The monoisotopic (exact) mass is 193 g/mol. The van der Waals surface area contributed by atoms with Gasteiger partial charge in [0.05, 0.1) is 18.9 Å². The van der Waals surface area contributed by atoms with Crippen LogP contribution < -0.4 is 4.74 Å². The number of ether oxygens (including phenoxy) is 1. The lowest BCUT2D eigenvalue weighted by molar-refractivity contribution is 0.278. The summed E-state index contributed by atoms with van der Waals surface area (Å²) in [6.45, 7) is 0.503. The van der Waals surface area contributed by atoms with E-state index in [0.29, 0.717) is 24.5 Å². The third-order valence-corrected chi connectivity index (χ3v) is 2.26. The van der Waals surface area contributed by atoms with Crippen LogP contribution in [0.4, 0.5) is 0 Å². The number of benzene rings is 1. The van der Waals surface area contributed by atoms with Crippen LogP contribution in [0.2, 0.25) is 0 Å². The lowest BCUT2D eigenvalue weighted by Gasteiger charge is -2.18. The van der Waals surface area contributed by atoms with Gasteiger partial charge < -0.3 is 15.1 Å². The van der Waals surface area contributed by atoms with E-state index in [-0.39, 0.29) is 6.61 Å². The zero-order valence-corrected chi connectivity index (χ0v) is 7.60. The third kappa shape index (κ3) is 1.44. The van der Waals surface area contributed by atoms with E-state index in [1.807, 2.05) is 0 Å². The van der Waals surface area contributed by atoms with Crippen LogP contribution in [0.15, 0.2) is 23.4 Å². The number of nitrogens with zero attached hydrogens (tertiary/aromatic N) is 1. The average molecular weight is 193 g/mol. The predicted octanol–water partition coefficient (Wildman–Crippen LogP) is 1.14. The van der Waals surface area contributed by atoms with Crippen LogP contribution in [-0.2, 0) is 6.61 Å². The maximum absolute atomic E-state index is 8.93. The van der Waals surface area contributed by atoms with Gasteiger partial charge in [-0.1, -0.05) is 11.2 Å². The van der Waals surface area contributed by atoms with Crippen molar-refractivity contribution in [3.8, 4) is 5.75 Å². The smallest absolute Gasteiger partial charge is 0.128 e. The quantitative estimate of drug-likeness (QED) is 0.519. The number of hydrogen-bond donors (Lipinski definition) is 2. The number of rotatable bonds is 1. The molecule has 4 nitrogen and oxygen atoms in total. The first kappa shape index (κ1) is 9.02. The Labute approximate surface area is 81.4 Å². The molecule has 2 N–H and O–H groups in total. The first-order chi connectivity index (χ1) is 6.85. The summed E-state index contributed by atoms with van der Waals surface area (Å²) in [6.07, 6.45) is 0.613. The highest BCUT2D eigenvalue weighted by molar-refractivity contribution is 6.03. The molecule has 0 aliphatic carbocycles. The summed E-state index contributed by atoms with van der Waals surface area (Å²) in [4.78, 5) is 0. The fraction of sp³-hybridized carbons (Fsp3) is 0.300. The Morgan fingerprint density at radius 2 is 2.29 bits per heavy atom. The lowest BCUT2D eigenvalue weighted by Crippen LogP contribution is -2.16. The number of hydrogen-bond acceptors (Lipinski definition) is 4. The normalized spacial score (nSPS) is 17.6. The zero-order chi connectivity index (χ0) is 9.97. The second-order valence-electron chi connectivity index (χ2n) is 3.13. The summed E-state index contributed by atoms with van der Waals surface area (Å²) in [6, 6.07) is 5.35. The van der Waals surface area contributed by atoms with Gasteiger partial charge in [0.15, 0.2) is 0 Å². The van der Waals surface area contributed by atoms with Crippen LogP contribution in [0.3, 0.4) is 0 Å². The van der Waals surface area contributed by atoms with Crippen molar-refractivity contribution >= 4 is 5.71 Å². The van der Waals surface area contributed by atoms with E-state index in [1.165, 1.54) is 0 Å². The van der Waals surface area contributed by atoms with Gasteiger partial charge in [-0.05, 0) is 17.7 Å². The lowest BCUT2D eigenvalue weighted by atomic mass is 10.0. The van der Waals surface area contributed by atoms with Gasteiger partial charge in [0.2, 0.25) is 0 Å². The molecule has 0 saturated carbocycles. The van der Waals surface area contributed by atoms with E-state index in [0.717, 1.165) is 11.1 Å². The molecular formula is C10H11NO3. The molecule has 1 aliphatic rings. The highest BCUT2D eigenvalue weighted by Crippen LogP contribution is 2.26. The van der Waals surface area contributed by atoms with Crippen molar-refractivity contribution in [2.45, 2.75) is 13.0 Å². The Kier molecular flexibility index (Phi) is 2.37. The van der Waals surface area contributed by atoms with Crippen LogP contribution in [-0.4, -0.2) is 22.6 Å². The summed E-state index contributed by atoms with van der Waals surface area (Å²) in [5.74, 6) is 0.676. The fourth-order valence-electron chi connectivity index (χ4n) is 1.52. The summed E-state index contributed by atoms with van der Waals surface area (Å²) in [5, 5.41) is 20.9. The van der Waals surface area contributed by atoms with Gasteiger partial charge in [-0.25, -0.2) is 0 Å². The molecule has 2 rings (SSSR count). The summed E-state index contributed by atoms with van der Waals surface area (Å²) >= 11 is 0. The van der Waals surface area contributed by atoms with E-state index in [2.05, 4.69) is 5.16 Å². The zero-order valence-electron chi connectivity index (χ0n) is 7.60. The highest BCUT2D eigenvalue weighted by atomic mass is 16.5. The molecule has 0 saturated heterocycles. The molecule has 0 amide bonds. The molecule has 1 heterocycles. The van der Waals surface area contributed by atoms with Crippen LogP contribution in [0.1, 0.15) is 17.5 Å². The van der Waals surface area contributed by atoms with E-state index >= 15 is 0 Å². The van der Waals surface area contributed by atoms with Gasteiger partial charge >= 0.3 is 0 Å². The Morgan fingerprint density at radius 1 is 1.43 bits per heavy atom. The molecule has 0 aromatic heterocycles. The van der Waals surface area contributed by atoms with E-state index in [1.54, 1.807) is 18.2 Å². The molecule has 0 spiro atoms. The molecule has 1 aromatic rings. The minimum Gasteiger partial charge on any atom is -0.492 e. The largest absolute Gasteiger partial charge is 0.492 e. The van der Waals surface area contributed by atoms with Crippen molar-refractivity contribution in [1.82, 2.24) is 0 Å². The topological polar surface area (TPSA) is 62.0 Å². The molecule has 0 bridgehead atoms. The fourth-order valence-corrected chi connectivity index (χ4v) is 1.52. The van der Waals surface area contributed by atoms with Gasteiger partial charge in [0.25, 0.3) is 0 Å². The molecule has 0 fully saturated rings.